The molecule has 2 amide bonds. The number of thiophene rings is 1. The lowest BCUT2D eigenvalue weighted by Crippen LogP contribution is -2.17. The number of pyridine rings is 2. The highest BCUT2D eigenvalue weighted by atomic mass is 32.1. The minimum absolute atomic E-state index is 0.00796. The molecule has 204 valence electrons. The van der Waals surface area contributed by atoms with Gasteiger partial charge < -0.3 is 11.1 Å². The average molecular weight is 573 g/mol. The van der Waals surface area contributed by atoms with E-state index in [1.54, 1.807) is 84.8 Å². The molecule has 4 aromatic heterocycles. The van der Waals surface area contributed by atoms with E-state index in [0.717, 1.165) is 6.07 Å². The van der Waals surface area contributed by atoms with Crippen LogP contribution in [0.3, 0.4) is 0 Å². The second-order valence-electron chi connectivity index (χ2n) is 9.20. The van der Waals surface area contributed by atoms with E-state index in [4.69, 9.17) is 5.73 Å². The van der Waals surface area contributed by atoms with Crippen molar-refractivity contribution < 1.29 is 22.8 Å². The van der Waals surface area contributed by atoms with Crippen molar-refractivity contribution in [2.24, 2.45) is 12.8 Å². The Morgan fingerprint density at radius 3 is 2.39 bits per heavy atom. The minimum atomic E-state index is -4.74. The average Bonchev–Trinajstić information content (AvgIpc) is 3.55. The van der Waals surface area contributed by atoms with Crippen LogP contribution in [0, 0.1) is 0 Å². The molecule has 0 aliphatic heterocycles. The number of hydrogen-bond acceptors (Lipinski definition) is 6. The first kappa shape index (κ1) is 26.1. The number of nitrogens with zero attached hydrogens (tertiary/aromatic N) is 4. The van der Waals surface area contributed by atoms with Gasteiger partial charge in [-0.15, -0.1) is 11.3 Å². The number of carbonyl (C=O) groups is 2. The molecule has 4 heterocycles. The maximum Gasteiger partial charge on any atom is 0.433 e. The summed E-state index contributed by atoms with van der Waals surface area (Å²) in [4.78, 5) is 34.7. The SMILES string of the molecule is Cn1cc(-c2cc(C(=O)Nc3c(C(N)=O)sc4nc(C(F)(F)F)cc(-c5ccccc5)c34)c3ccccc3n2)cn1. The number of hydrogen-bond donors (Lipinski definition) is 2. The maximum atomic E-state index is 13.9. The van der Waals surface area contributed by atoms with Crippen LogP contribution >= 0.6 is 11.3 Å². The highest BCUT2D eigenvalue weighted by Gasteiger charge is 2.35. The maximum absolute atomic E-state index is 13.9. The van der Waals surface area contributed by atoms with Crippen molar-refractivity contribution in [3.63, 3.8) is 0 Å². The number of aromatic nitrogens is 4. The lowest BCUT2D eigenvalue weighted by Gasteiger charge is -2.13. The molecule has 0 radical (unpaired) electrons. The number of carbonyl (C=O) groups excluding carboxylic acids is 2. The Morgan fingerprint density at radius 1 is 0.976 bits per heavy atom. The van der Waals surface area contributed by atoms with Crippen LogP contribution in [-0.4, -0.2) is 31.6 Å². The van der Waals surface area contributed by atoms with E-state index >= 15 is 0 Å². The molecule has 0 saturated heterocycles. The second kappa shape index (κ2) is 9.82. The highest BCUT2D eigenvalue weighted by Crippen LogP contribution is 2.44. The van der Waals surface area contributed by atoms with Crippen LogP contribution in [0.5, 0.6) is 0 Å². The van der Waals surface area contributed by atoms with Crippen molar-refractivity contribution in [3.05, 3.63) is 95.3 Å². The number of primary amides is 1. The third kappa shape index (κ3) is 4.78. The van der Waals surface area contributed by atoms with Crippen LogP contribution in [0.2, 0.25) is 0 Å². The van der Waals surface area contributed by atoms with Crippen LogP contribution in [0.25, 0.3) is 43.5 Å². The Kier molecular flexibility index (Phi) is 6.26. The van der Waals surface area contributed by atoms with Crippen molar-refractivity contribution in [2.45, 2.75) is 6.18 Å². The van der Waals surface area contributed by atoms with Gasteiger partial charge in [-0.25, -0.2) is 9.97 Å². The van der Waals surface area contributed by atoms with Crippen molar-refractivity contribution in [2.75, 3.05) is 5.32 Å². The fourth-order valence-corrected chi connectivity index (χ4v) is 5.63. The van der Waals surface area contributed by atoms with Crippen LogP contribution in [-0.2, 0) is 13.2 Å². The number of benzene rings is 2. The Bertz CT molecular complexity index is 1980. The van der Waals surface area contributed by atoms with E-state index in [-0.39, 0.29) is 31.9 Å². The molecule has 41 heavy (non-hydrogen) atoms. The normalized spacial score (nSPS) is 11.7. The van der Waals surface area contributed by atoms with Gasteiger partial charge in [0.15, 0.2) is 0 Å². The predicted molar refractivity (Wildman–Crippen MR) is 150 cm³/mol. The summed E-state index contributed by atoms with van der Waals surface area (Å²) in [5.74, 6) is -1.51. The quantitative estimate of drug-likeness (QED) is 0.252. The number of nitrogens with two attached hydrogens (primary N) is 1. The van der Waals surface area contributed by atoms with E-state index in [1.807, 2.05) is 0 Å². The van der Waals surface area contributed by atoms with Gasteiger partial charge in [-0.05, 0) is 29.3 Å². The van der Waals surface area contributed by atoms with Gasteiger partial charge in [0, 0.05) is 29.6 Å². The van der Waals surface area contributed by atoms with Crippen LogP contribution in [0.15, 0.2) is 79.1 Å². The summed E-state index contributed by atoms with van der Waals surface area (Å²) in [6.07, 6.45) is -1.37. The Labute approximate surface area is 234 Å². The largest absolute Gasteiger partial charge is 0.433 e. The van der Waals surface area contributed by atoms with E-state index in [9.17, 15) is 22.8 Å². The van der Waals surface area contributed by atoms with Crippen molar-refractivity contribution >= 4 is 50.0 Å². The molecular formula is C29H19F3N6O2S. The molecular weight excluding hydrogens is 553 g/mol. The molecule has 0 bridgehead atoms. The van der Waals surface area contributed by atoms with Gasteiger partial charge in [0.05, 0.1) is 28.7 Å². The number of para-hydroxylation sites is 1. The van der Waals surface area contributed by atoms with Crippen LogP contribution in [0.1, 0.15) is 25.7 Å². The van der Waals surface area contributed by atoms with Gasteiger partial charge in [-0.2, -0.15) is 18.3 Å². The van der Waals surface area contributed by atoms with Gasteiger partial charge in [-0.3, -0.25) is 14.3 Å². The summed E-state index contributed by atoms with van der Waals surface area (Å²) in [7, 11) is 1.76. The number of alkyl halides is 3. The van der Waals surface area contributed by atoms with E-state index < -0.39 is 23.7 Å². The van der Waals surface area contributed by atoms with Gasteiger partial charge in [0.25, 0.3) is 11.8 Å². The van der Waals surface area contributed by atoms with Gasteiger partial charge in [-0.1, -0.05) is 48.5 Å². The Morgan fingerprint density at radius 2 is 1.71 bits per heavy atom. The van der Waals surface area contributed by atoms with Gasteiger partial charge >= 0.3 is 6.18 Å². The lowest BCUT2D eigenvalue weighted by atomic mass is 10.0. The van der Waals surface area contributed by atoms with E-state index in [0.29, 0.717) is 39.1 Å². The van der Waals surface area contributed by atoms with Crippen molar-refractivity contribution in [3.8, 4) is 22.4 Å². The van der Waals surface area contributed by atoms with E-state index in [1.165, 1.54) is 0 Å². The Balaban J connectivity index is 1.56. The summed E-state index contributed by atoms with van der Waals surface area (Å²) in [5, 5.41) is 7.67. The summed E-state index contributed by atoms with van der Waals surface area (Å²) < 4.78 is 43.0. The number of anilines is 1. The third-order valence-corrected chi connectivity index (χ3v) is 7.56. The van der Waals surface area contributed by atoms with Crippen molar-refractivity contribution in [1.29, 1.82) is 0 Å². The molecule has 12 heteroatoms. The lowest BCUT2D eigenvalue weighted by molar-refractivity contribution is -0.140. The first-order valence-corrected chi connectivity index (χ1v) is 13.0. The summed E-state index contributed by atoms with van der Waals surface area (Å²) in [6, 6.07) is 17.9. The zero-order valence-corrected chi connectivity index (χ0v) is 22.0. The first-order valence-electron chi connectivity index (χ1n) is 12.2. The standard InChI is InChI=1S/C29H19F3N6O2S/c1-38-14-16(13-34-38)21-11-19(17-9-5-6-10-20(17)35-21)27(40)37-24-23-18(15-7-3-2-4-8-15)12-22(29(30,31)32)36-28(23)41-25(24)26(33)39/h2-14H,1H3,(H2,33,39)(H,37,40). The molecule has 6 aromatic rings. The van der Waals surface area contributed by atoms with Crippen LogP contribution in [0.4, 0.5) is 18.9 Å². The predicted octanol–water partition coefficient (Wildman–Crippen LogP) is 6.28. The third-order valence-electron chi connectivity index (χ3n) is 6.46. The molecule has 8 nitrogen and oxygen atoms in total. The zero-order chi connectivity index (χ0) is 28.9. The van der Waals surface area contributed by atoms with Crippen molar-refractivity contribution in [1.82, 2.24) is 19.7 Å². The first-order chi connectivity index (χ1) is 19.6. The summed E-state index contributed by atoms with van der Waals surface area (Å²) in [6.45, 7) is 0. The van der Waals surface area contributed by atoms with Gasteiger partial charge in [0.1, 0.15) is 15.4 Å². The molecule has 0 aliphatic carbocycles. The molecule has 0 aliphatic rings. The smallest absolute Gasteiger partial charge is 0.365 e. The number of aryl methyl sites for hydroxylation is 1. The molecule has 0 atom stereocenters. The topological polar surface area (TPSA) is 116 Å². The summed E-state index contributed by atoms with van der Waals surface area (Å²) in [5.41, 5.74) is 7.08. The van der Waals surface area contributed by atoms with E-state index in [2.05, 4.69) is 20.4 Å². The Hall–Kier alpha value is -5.10. The molecule has 6 rings (SSSR count). The van der Waals surface area contributed by atoms with Crippen LogP contribution < -0.4 is 11.1 Å². The van der Waals surface area contributed by atoms with Gasteiger partial charge in [0.2, 0.25) is 0 Å². The fraction of sp³-hybridized carbons (Fsp3) is 0.0690. The monoisotopic (exact) mass is 572 g/mol. The molecule has 2 aromatic carbocycles. The summed E-state index contributed by atoms with van der Waals surface area (Å²) >= 11 is 0.691. The molecule has 0 spiro atoms. The minimum Gasteiger partial charge on any atom is -0.365 e. The molecule has 3 N–H and O–H groups in total. The number of nitrogens with one attached hydrogen (secondary N) is 1. The number of fused-ring (bicyclic) bond motifs is 2. The molecule has 0 unspecified atom stereocenters. The fourth-order valence-electron chi connectivity index (χ4n) is 4.63. The molecule has 0 fully saturated rings. The number of amides is 2. The number of rotatable bonds is 5. The molecule has 0 saturated carbocycles. The number of halogens is 3. The zero-order valence-electron chi connectivity index (χ0n) is 21.2. The second-order valence-corrected chi connectivity index (χ2v) is 10.2. The highest BCUT2D eigenvalue weighted by molar-refractivity contribution is 7.21.